The van der Waals surface area contributed by atoms with Gasteiger partial charge in [0.15, 0.2) is 0 Å². The highest BCUT2D eigenvalue weighted by Crippen LogP contribution is 2.34. The smallest absolute Gasteiger partial charge is 0.0366 e. The molecule has 3 rings (SSSR count). The lowest BCUT2D eigenvalue weighted by molar-refractivity contribution is 0.490. The van der Waals surface area contributed by atoms with Gasteiger partial charge in [-0.1, -0.05) is 18.2 Å². The molecule has 1 aliphatic carbocycles. The number of hydrogen-bond acceptors (Lipinski definition) is 2. The summed E-state index contributed by atoms with van der Waals surface area (Å²) in [5.74, 6) is 0.948. The van der Waals surface area contributed by atoms with Gasteiger partial charge in [-0.3, -0.25) is 0 Å². The van der Waals surface area contributed by atoms with Crippen LogP contribution >= 0.6 is 0 Å². The topological polar surface area (TPSA) is 15.3 Å². The fraction of sp³-hybridized carbons (Fsp3) is 0.571. The highest BCUT2D eigenvalue weighted by atomic mass is 15.2. The Kier molecular flexibility index (Phi) is 2.83. The molecule has 0 radical (unpaired) electrons. The average Bonchev–Trinajstić information content (AvgIpc) is 3.16. The van der Waals surface area contributed by atoms with Crippen molar-refractivity contribution in [3.63, 3.8) is 0 Å². The molecule has 1 aliphatic heterocycles. The lowest BCUT2D eigenvalue weighted by Crippen LogP contribution is -2.39. The summed E-state index contributed by atoms with van der Waals surface area (Å²) >= 11 is 0. The summed E-state index contributed by atoms with van der Waals surface area (Å²) in [6.07, 6.45) is 4.12. The van der Waals surface area contributed by atoms with Crippen LogP contribution in [0.2, 0.25) is 0 Å². The van der Waals surface area contributed by atoms with Gasteiger partial charge in [-0.15, -0.1) is 0 Å². The molecule has 86 valence electrons. The van der Waals surface area contributed by atoms with E-state index in [1.165, 1.54) is 44.6 Å². The van der Waals surface area contributed by atoms with E-state index >= 15 is 0 Å². The third-order valence-corrected chi connectivity index (χ3v) is 3.74. The zero-order chi connectivity index (χ0) is 10.8. The molecule has 1 aromatic carbocycles. The molecule has 0 amide bonds. The molecule has 2 fully saturated rings. The number of nitrogens with one attached hydrogen (secondary N) is 1. The first-order chi connectivity index (χ1) is 7.93. The minimum atomic E-state index is 0.725. The van der Waals surface area contributed by atoms with Crippen LogP contribution in [0.1, 0.15) is 19.3 Å². The normalized spacial score (nSPS) is 26.5. The first-order valence-corrected chi connectivity index (χ1v) is 6.47. The summed E-state index contributed by atoms with van der Waals surface area (Å²) in [6, 6.07) is 11.6. The Morgan fingerprint density at radius 2 is 1.94 bits per heavy atom. The minimum Gasteiger partial charge on any atom is -0.370 e. The standard InChI is InChI=1S/C14H20N2/c1-2-5-13(6-3-1)16-10-4-9-15-14(11-16)12-7-8-12/h1-3,5-6,12,14-15H,4,7-11H2. The molecule has 0 aromatic heterocycles. The van der Waals surface area contributed by atoms with Gasteiger partial charge in [0.2, 0.25) is 0 Å². The first kappa shape index (κ1) is 10.2. The molecular weight excluding hydrogens is 196 g/mol. The van der Waals surface area contributed by atoms with Crippen LogP contribution in [-0.4, -0.2) is 25.7 Å². The number of benzene rings is 1. The molecule has 2 aliphatic rings. The molecule has 1 saturated heterocycles. The third kappa shape index (κ3) is 2.22. The molecule has 16 heavy (non-hydrogen) atoms. The lowest BCUT2D eigenvalue weighted by atomic mass is 10.1. The van der Waals surface area contributed by atoms with Gasteiger partial charge in [-0.2, -0.15) is 0 Å². The van der Waals surface area contributed by atoms with Crippen LogP contribution in [0.3, 0.4) is 0 Å². The van der Waals surface area contributed by atoms with Gasteiger partial charge in [0.05, 0.1) is 0 Å². The Balaban J connectivity index is 1.73. The van der Waals surface area contributed by atoms with Crippen molar-refractivity contribution in [3.05, 3.63) is 30.3 Å². The molecule has 1 heterocycles. The third-order valence-electron chi connectivity index (χ3n) is 3.74. The molecule has 1 saturated carbocycles. The molecule has 1 aromatic rings. The van der Waals surface area contributed by atoms with Gasteiger partial charge in [0.1, 0.15) is 0 Å². The fourth-order valence-electron chi connectivity index (χ4n) is 2.64. The van der Waals surface area contributed by atoms with Gasteiger partial charge < -0.3 is 10.2 Å². The second-order valence-corrected chi connectivity index (χ2v) is 5.03. The average molecular weight is 216 g/mol. The van der Waals surface area contributed by atoms with Crippen molar-refractivity contribution in [1.82, 2.24) is 5.32 Å². The fourth-order valence-corrected chi connectivity index (χ4v) is 2.64. The van der Waals surface area contributed by atoms with Crippen LogP contribution in [0.4, 0.5) is 5.69 Å². The van der Waals surface area contributed by atoms with E-state index < -0.39 is 0 Å². The van der Waals surface area contributed by atoms with Gasteiger partial charge in [0, 0.05) is 24.8 Å². The van der Waals surface area contributed by atoms with Crippen LogP contribution in [0.25, 0.3) is 0 Å². The van der Waals surface area contributed by atoms with Crippen molar-refractivity contribution in [1.29, 1.82) is 0 Å². The second-order valence-electron chi connectivity index (χ2n) is 5.03. The summed E-state index contributed by atoms with van der Waals surface area (Å²) in [6.45, 7) is 3.57. The Bertz CT molecular complexity index is 332. The van der Waals surface area contributed by atoms with Crippen LogP contribution in [0.15, 0.2) is 30.3 Å². The van der Waals surface area contributed by atoms with Crippen LogP contribution in [0.5, 0.6) is 0 Å². The van der Waals surface area contributed by atoms with Crippen LogP contribution < -0.4 is 10.2 Å². The minimum absolute atomic E-state index is 0.725. The SMILES string of the molecule is c1ccc(N2CCCNC(C3CC3)C2)cc1. The monoisotopic (exact) mass is 216 g/mol. The first-order valence-electron chi connectivity index (χ1n) is 6.47. The lowest BCUT2D eigenvalue weighted by Gasteiger charge is -2.26. The van der Waals surface area contributed by atoms with E-state index in [1.807, 2.05) is 0 Å². The highest BCUT2D eigenvalue weighted by Gasteiger charge is 2.33. The molecule has 0 spiro atoms. The Hall–Kier alpha value is -1.02. The Morgan fingerprint density at radius 3 is 2.69 bits per heavy atom. The Labute approximate surface area is 97.6 Å². The van der Waals surface area contributed by atoms with Crippen molar-refractivity contribution in [2.24, 2.45) is 5.92 Å². The van der Waals surface area contributed by atoms with E-state index in [0.717, 1.165) is 12.0 Å². The van der Waals surface area contributed by atoms with Gasteiger partial charge in [-0.25, -0.2) is 0 Å². The molecule has 2 heteroatoms. The number of para-hydroxylation sites is 1. The molecule has 1 atom stereocenters. The summed E-state index contributed by atoms with van der Waals surface area (Å²) in [7, 11) is 0. The molecule has 1 N–H and O–H groups in total. The molecular formula is C14H20N2. The predicted octanol–water partition coefficient (Wildman–Crippen LogP) is 2.26. The molecule has 0 bridgehead atoms. The van der Waals surface area contributed by atoms with E-state index in [4.69, 9.17) is 0 Å². The van der Waals surface area contributed by atoms with Crippen molar-refractivity contribution in [2.45, 2.75) is 25.3 Å². The van der Waals surface area contributed by atoms with Gasteiger partial charge in [0.25, 0.3) is 0 Å². The Morgan fingerprint density at radius 1 is 1.12 bits per heavy atom. The number of rotatable bonds is 2. The number of hydrogen-bond donors (Lipinski definition) is 1. The van der Waals surface area contributed by atoms with Crippen molar-refractivity contribution < 1.29 is 0 Å². The quantitative estimate of drug-likeness (QED) is 0.816. The summed E-state index contributed by atoms with van der Waals surface area (Å²) in [4.78, 5) is 2.54. The largest absolute Gasteiger partial charge is 0.370 e. The number of anilines is 1. The second kappa shape index (κ2) is 4.46. The van der Waals surface area contributed by atoms with E-state index in [9.17, 15) is 0 Å². The molecule has 1 unspecified atom stereocenters. The predicted molar refractivity (Wildman–Crippen MR) is 67.8 cm³/mol. The van der Waals surface area contributed by atoms with Crippen molar-refractivity contribution in [2.75, 3.05) is 24.5 Å². The summed E-state index contributed by atoms with van der Waals surface area (Å²) in [5.41, 5.74) is 1.39. The van der Waals surface area contributed by atoms with Crippen molar-refractivity contribution in [3.8, 4) is 0 Å². The van der Waals surface area contributed by atoms with E-state index in [-0.39, 0.29) is 0 Å². The zero-order valence-corrected chi connectivity index (χ0v) is 9.73. The van der Waals surface area contributed by atoms with E-state index in [2.05, 4.69) is 40.5 Å². The highest BCUT2D eigenvalue weighted by molar-refractivity contribution is 5.46. The zero-order valence-electron chi connectivity index (χ0n) is 9.73. The summed E-state index contributed by atoms with van der Waals surface area (Å²) < 4.78 is 0. The van der Waals surface area contributed by atoms with E-state index in [0.29, 0.717) is 0 Å². The maximum absolute atomic E-state index is 3.70. The van der Waals surface area contributed by atoms with Crippen molar-refractivity contribution >= 4 is 5.69 Å². The maximum Gasteiger partial charge on any atom is 0.0366 e. The molecule has 2 nitrogen and oxygen atoms in total. The maximum atomic E-state index is 3.70. The summed E-state index contributed by atoms with van der Waals surface area (Å²) in [5, 5.41) is 3.70. The van der Waals surface area contributed by atoms with Crippen LogP contribution in [0, 0.1) is 5.92 Å². The van der Waals surface area contributed by atoms with Crippen LogP contribution in [-0.2, 0) is 0 Å². The van der Waals surface area contributed by atoms with E-state index in [1.54, 1.807) is 0 Å². The van der Waals surface area contributed by atoms with Gasteiger partial charge >= 0.3 is 0 Å². The number of nitrogens with zero attached hydrogens (tertiary/aromatic N) is 1. The van der Waals surface area contributed by atoms with Gasteiger partial charge in [-0.05, 0) is 43.9 Å².